The highest BCUT2D eigenvalue weighted by atomic mass is 16.5. The summed E-state index contributed by atoms with van der Waals surface area (Å²) in [7, 11) is 1.70. The number of rotatable bonds is 5. The van der Waals surface area contributed by atoms with Crippen molar-refractivity contribution < 1.29 is 4.74 Å². The molecule has 1 aromatic heterocycles. The van der Waals surface area contributed by atoms with Gasteiger partial charge in [-0.2, -0.15) is 0 Å². The van der Waals surface area contributed by atoms with E-state index in [9.17, 15) is 0 Å². The molecule has 1 aliphatic carbocycles. The van der Waals surface area contributed by atoms with Gasteiger partial charge in [0.1, 0.15) is 23.7 Å². The number of benzene rings is 1. The third kappa shape index (κ3) is 3.37. The summed E-state index contributed by atoms with van der Waals surface area (Å²) in [6.07, 6.45) is 4.16. The number of nitrogens with zero attached hydrogens (tertiary/aromatic N) is 4. The smallest absolute Gasteiger partial charge is 0.134 e. The molecule has 0 atom stereocenters. The third-order valence-corrected chi connectivity index (χ3v) is 4.62. The summed E-state index contributed by atoms with van der Waals surface area (Å²) in [6, 6.07) is 11.0. The van der Waals surface area contributed by atoms with E-state index in [4.69, 9.17) is 4.74 Å². The largest absolute Gasteiger partial charge is 0.497 e. The fourth-order valence-corrected chi connectivity index (χ4v) is 3.02. The van der Waals surface area contributed by atoms with Crippen molar-refractivity contribution in [1.29, 1.82) is 0 Å². The highest BCUT2D eigenvalue weighted by molar-refractivity contribution is 5.53. The van der Waals surface area contributed by atoms with E-state index in [0.29, 0.717) is 6.04 Å². The average molecular weight is 325 g/mol. The van der Waals surface area contributed by atoms with E-state index in [2.05, 4.69) is 43.3 Å². The van der Waals surface area contributed by atoms with E-state index >= 15 is 0 Å². The van der Waals surface area contributed by atoms with Gasteiger partial charge >= 0.3 is 0 Å². The number of anilines is 3. The first-order chi connectivity index (χ1) is 11.8. The molecule has 1 N–H and O–H groups in total. The summed E-state index contributed by atoms with van der Waals surface area (Å²) in [5, 5.41) is 3.44. The molecule has 0 radical (unpaired) electrons. The lowest BCUT2D eigenvalue weighted by molar-refractivity contribution is 0.415. The minimum Gasteiger partial charge on any atom is -0.497 e. The Labute approximate surface area is 142 Å². The zero-order valence-corrected chi connectivity index (χ0v) is 14.0. The van der Waals surface area contributed by atoms with Crippen LogP contribution in [0.2, 0.25) is 0 Å². The van der Waals surface area contributed by atoms with Crippen LogP contribution in [0.3, 0.4) is 0 Å². The van der Waals surface area contributed by atoms with Crippen molar-refractivity contribution in [3.05, 3.63) is 36.7 Å². The summed E-state index contributed by atoms with van der Waals surface area (Å²) < 4.78 is 5.23. The summed E-state index contributed by atoms with van der Waals surface area (Å²) in [4.78, 5) is 13.5. The Hall–Kier alpha value is -2.50. The molecule has 6 nitrogen and oxygen atoms in total. The maximum atomic E-state index is 5.23. The lowest BCUT2D eigenvalue weighted by Gasteiger charge is -2.36. The van der Waals surface area contributed by atoms with Gasteiger partial charge in [0.2, 0.25) is 0 Å². The predicted molar refractivity (Wildman–Crippen MR) is 96.1 cm³/mol. The van der Waals surface area contributed by atoms with E-state index in [0.717, 1.165) is 43.6 Å². The first-order valence-electron chi connectivity index (χ1n) is 8.54. The highest BCUT2D eigenvalue weighted by Gasteiger charge is 2.22. The second-order valence-electron chi connectivity index (χ2n) is 6.35. The van der Waals surface area contributed by atoms with Crippen LogP contribution in [0.15, 0.2) is 36.7 Å². The van der Waals surface area contributed by atoms with Gasteiger partial charge in [-0.15, -0.1) is 0 Å². The summed E-state index contributed by atoms with van der Waals surface area (Å²) in [6.45, 7) is 3.90. The van der Waals surface area contributed by atoms with Crippen molar-refractivity contribution in [1.82, 2.24) is 9.97 Å². The molecular weight excluding hydrogens is 302 g/mol. The van der Waals surface area contributed by atoms with E-state index < -0.39 is 0 Å². The van der Waals surface area contributed by atoms with E-state index in [-0.39, 0.29) is 0 Å². The number of hydrogen-bond donors (Lipinski definition) is 1. The van der Waals surface area contributed by atoms with Crippen LogP contribution in [-0.2, 0) is 0 Å². The summed E-state index contributed by atoms with van der Waals surface area (Å²) >= 11 is 0. The minimum absolute atomic E-state index is 0.611. The summed E-state index contributed by atoms with van der Waals surface area (Å²) in [5.41, 5.74) is 1.24. The minimum atomic E-state index is 0.611. The maximum Gasteiger partial charge on any atom is 0.134 e. The molecule has 1 saturated heterocycles. The number of piperazine rings is 1. The molecule has 24 heavy (non-hydrogen) atoms. The first-order valence-corrected chi connectivity index (χ1v) is 8.54. The van der Waals surface area contributed by atoms with Crippen LogP contribution in [0, 0.1) is 0 Å². The quantitative estimate of drug-likeness (QED) is 0.911. The number of hydrogen-bond acceptors (Lipinski definition) is 6. The Morgan fingerprint density at radius 2 is 1.71 bits per heavy atom. The van der Waals surface area contributed by atoms with E-state index in [1.807, 2.05) is 12.1 Å². The second kappa shape index (κ2) is 6.55. The number of nitrogens with one attached hydrogen (secondary N) is 1. The fraction of sp³-hybridized carbons (Fsp3) is 0.444. The topological polar surface area (TPSA) is 53.5 Å². The van der Waals surface area contributed by atoms with Crippen molar-refractivity contribution in [2.45, 2.75) is 18.9 Å². The molecule has 0 bridgehead atoms. The molecule has 0 unspecified atom stereocenters. The van der Waals surface area contributed by atoms with Crippen LogP contribution in [0.25, 0.3) is 0 Å². The van der Waals surface area contributed by atoms with Crippen LogP contribution in [0.1, 0.15) is 12.8 Å². The Morgan fingerprint density at radius 1 is 1.00 bits per heavy atom. The van der Waals surface area contributed by atoms with E-state index in [1.165, 1.54) is 18.5 Å². The zero-order valence-electron chi connectivity index (χ0n) is 14.0. The lowest BCUT2D eigenvalue weighted by Crippen LogP contribution is -2.46. The maximum absolute atomic E-state index is 5.23. The monoisotopic (exact) mass is 325 g/mol. The van der Waals surface area contributed by atoms with Gasteiger partial charge in [0, 0.05) is 44.0 Å². The van der Waals surface area contributed by atoms with Crippen molar-refractivity contribution in [3.8, 4) is 5.75 Å². The van der Waals surface area contributed by atoms with Gasteiger partial charge in [0.25, 0.3) is 0 Å². The highest BCUT2D eigenvalue weighted by Crippen LogP contribution is 2.26. The molecule has 2 fully saturated rings. The van der Waals surface area contributed by atoms with Crippen LogP contribution in [0.5, 0.6) is 5.75 Å². The van der Waals surface area contributed by atoms with Gasteiger partial charge in [-0.1, -0.05) is 0 Å². The van der Waals surface area contributed by atoms with Crippen molar-refractivity contribution in [2.24, 2.45) is 0 Å². The van der Waals surface area contributed by atoms with Crippen molar-refractivity contribution in [3.63, 3.8) is 0 Å². The van der Waals surface area contributed by atoms with Gasteiger partial charge in [-0.3, -0.25) is 0 Å². The van der Waals surface area contributed by atoms with Gasteiger partial charge in [-0.25, -0.2) is 9.97 Å². The number of ether oxygens (including phenoxy) is 1. The number of methoxy groups -OCH3 is 1. The third-order valence-electron chi connectivity index (χ3n) is 4.62. The molecule has 1 aromatic carbocycles. The van der Waals surface area contributed by atoms with Crippen molar-refractivity contribution in [2.75, 3.05) is 48.4 Å². The molecule has 4 rings (SSSR count). The molecule has 2 aliphatic rings. The van der Waals surface area contributed by atoms with Crippen LogP contribution in [-0.4, -0.2) is 49.3 Å². The molecule has 126 valence electrons. The second-order valence-corrected chi connectivity index (χ2v) is 6.35. The molecule has 2 aromatic rings. The molecule has 0 amide bonds. The normalized spacial score (nSPS) is 17.7. The van der Waals surface area contributed by atoms with Crippen LogP contribution < -0.4 is 19.9 Å². The fourth-order valence-electron chi connectivity index (χ4n) is 3.02. The molecule has 2 heterocycles. The molecule has 1 saturated carbocycles. The Bertz CT molecular complexity index is 678. The Kier molecular flexibility index (Phi) is 4.11. The SMILES string of the molecule is COc1ccc(N2CCN(c3cc(NC4CC4)ncn3)CC2)cc1. The van der Waals surface area contributed by atoms with Crippen LogP contribution >= 0.6 is 0 Å². The molecule has 1 aliphatic heterocycles. The van der Waals surface area contributed by atoms with Gasteiger partial charge in [0.15, 0.2) is 0 Å². The molecule has 0 spiro atoms. The van der Waals surface area contributed by atoms with E-state index in [1.54, 1.807) is 13.4 Å². The zero-order chi connectivity index (χ0) is 16.4. The standard InChI is InChI=1S/C18H23N5O/c1-24-16-6-4-15(5-7-16)22-8-10-23(11-9-22)18-12-17(19-13-20-18)21-14-2-3-14/h4-7,12-14H,2-3,8-11H2,1H3,(H,19,20,21). The first kappa shape index (κ1) is 15.1. The molecule has 6 heteroatoms. The predicted octanol–water partition coefficient (Wildman–Crippen LogP) is 2.39. The van der Waals surface area contributed by atoms with Gasteiger partial charge < -0.3 is 19.9 Å². The average Bonchev–Trinajstić information content (AvgIpc) is 3.46. The lowest BCUT2D eigenvalue weighted by atomic mass is 10.2. The van der Waals surface area contributed by atoms with Gasteiger partial charge in [-0.05, 0) is 37.1 Å². The summed E-state index contributed by atoms with van der Waals surface area (Å²) in [5.74, 6) is 2.86. The number of aromatic nitrogens is 2. The van der Waals surface area contributed by atoms with Gasteiger partial charge in [0.05, 0.1) is 7.11 Å². The Balaban J connectivity index is 1.38. The van der Waals surface area contributed by atoms with Crippen molar-refractivity contribution >= 4 is 17.3 Å². The Morgan fingerprint density at radius 3 is 2.38 bits per heavy atom. The molecular formula is C18H23N5O. The van der Waals surface area contributed by atoms with Crippen LogP contribution in [0.4, 0.5) is 17.3 Å².